The highest BCUT2D eigenvalue weighted by molar-refractivity contribution is 7.18. The lowest BCUT2D eigenvalue weighted by Crippen LogP contribution is -2.07. The number of nitrogen functional groups attached to an aromatic ring is 1. The first kappa shape index (κ1) is 15.6. The summed E-state index contributed by atoms with van der Waals surface area (Å²) in [7, 11) is 1.57. The first-order valence-corrected chi connectivity index (χ1v) is 7.53. The van der Waals surface area contributed by atoms with Gasteiger partial charge in [0.25, 0.3) is 0 Å². The van der Waals surface area contributed by atoms with Crippen LogP contribution < -0.4 is 15.8 Å². The van der Waals surface area contributed by atoms with Gasteiger partial charge < -0.3 is 15.8 Å². The van der Waals surface area contributed by atoms with Crippen LogP contribution in [-0.2, 0) is 0 Å². The molecule has 1 aromatic heterocycles. The summed E-state index contributed by atoms with van der Waals surface area (Å²) in [6.45, 7) is 3.66. The van der Waals surface area contributed by atoms with Crippen molar-refractivity contribution in [2.75, 3.05) is 18.2 Å². The minimum atomic E-state index is -0.124. The Morgan fingerprint density at radius 1 is 1.48 bits per heavy atom. The third kappa shape index (κ3) is 3.46. The summed E-state index contributed by atoms with van der Waals surface area (Å²) >= 11 is 7.20. The van der Waals surface area contributed by atoms with Crippen molar-refractivity contribution in [3.05, 3.63) is 28.1 Å². The zero-order valence-electron chi connectivity index (χ0n) is 11.9. The normalized spacial score (nSPS) is 10.7. The molecule has 0 unspecified atom stereocenters. The highest BCUT2D eigenvalue weighted by Crippen LogP contribution is 2.34. The first-order valence-electron chi connectivity index (χ1n) is 6.33. The molecule has 0 aliphatic heterocycles. The largest absolute Gasteiger partial charge is 0.495 e. The molecule has 7 heteroatoms. The Morgan fingerprint density at radius 2 is 2.19 bits per heavy atom. The number of carbonyl (C=O) groups excluding carboxylic acids is 1. The topological polar surface area (TPSA) is 77.2 Å². The zero-order chi connectivity index (χ0) is 15.6. The second-order valence-corrected chi connectivity index (χ2v) is 6.16. The maximum atomic E-state index is 12.0. The number of rotatable bonds is 5. The average molecular weight is 326 g/mol. The van der Waals surface area contributed by atoms with E-state index in [1.54, 1.807) is 25.3 Å². The molecule has 0 aliphatic rings. The zero-order valence-corrected chi connectivity index (χ0v) is 13.5. The summed E-state index contributed by atoms with van der Waals surface area (Å²) in [6, 6.07) is 5.21. The van der Waals surface area contributed by atoms with Gasteiger partial charge in [0.2, 0.25) is 0 Å². The Morgan fingerprint density at radius 3 is 2.81 bits per heavy atom. The molecule has 0 atom stereocenters. The SMILES string of the molecule is COc1ccc(Cl)cc1Nc1nc(N)c(C(=O)C(C)C)s1. The van der Waals surface area contributed by atoms with Crippen LogP contribution in [0.1, 0.15) is 23.5 Å². The van der Waals surface area contributed by atoms with Gasteiger partial charge >= 0.3 is 0 Å². The van der Waals surface area contributed by atoms with Crippen molar-refractivity contribution >= 4 is 45.4 Å². The Balaban J connectivity index is 2.31. The standard InChI is InChI=1S/C14H16ClN3O2S/c1-7(2)11(19)12-13(16)18-14(21-12)17-9-6-8(15)4-5-10(9)20-3/h4-7H,16H2,1-3H3,(H,17,18). The van der Waals surface area contributed by atoms with Gasteiger partial charge in [0, 0.05) is 10.9 Å². The van der Waals surface area contributed by atoms with Gasteiger partial charge in [0.05, 0.1) is 12.8 Å². The molecule has 112 valence electrons. The third-order valence-electron chi connectivity index (χ3n) is 2.80. The van der Waals surface area contributed by atoms with E-state index < -0.39 is 0 Å². The van der Waals surface area contributed by atoms with E-state index in [1.807, 2.05) is 13.8 Å². The monoisotopic (exact) mass is 325 g/mol. The first-order chi connectivity index (χ1) is 9.92. The molecule has 0 spiro atoms. The van der Waals surface area contributed by atoms with Crippen molar-refractivity contribution in [3.63, 3.8) is 0 Å². The number of thiazole rings is 1. The van der Waals surface area contributed by atoms with Crippen molar-refractivity contribution in [1.82, 2.24) is 4.98 Å². The minimum absolute atomic E-state index is 0.0175. The van der Waals surface area contributed by atoms with Crippen LogP contribution in [0.4, 0.5) is 16.6 Å². The van der Waals surface area contributed by atoms with Crippen LogP contribution in [0.15, 0.2) is 18.2 Å². The van der Waals surface area contributed by atoms with E-state index in [0.717, 1.165) is 0 Å². The number of Topliss-reactive ketones (excluding diaryl/α,β-unsaturated/α-hetero) is 1. The van der Waals surface area contributed by atoms with E-state index in [-0.39, 0.29) is 17.5 Å². The van der Waals surface area contributed by atoms with Crippen LogP contribution >= 0.6 is 22.9 Å². The predicted molar refractivity (Wildman–Crippen MR) is 87.0 cm³/mol. The van der Waals surface area contributed by atoms with Gasteiger partial charge in [-0.3, -0.25) is 4.79 Å². The van der Waals surface area contributed by atoms with Crippen molar-refractivity contribution in [3.8, 4) is 5.75 Å². The van der Waals surface area contributed by atoms with Gasteiger partial charge in [-0.15, -0.1) is 0 Å². The van der Waals surface area contributed by atoms with Crippen LogP contribution in [0.5, 0.6) is 5.75 Å². The second kappa shape index (κ2) is 6.32. The lowest BCUT2D eigenvalue weighted by atomic mass is 10.1. The number of anilines is 3. The predicted octanol–water partition coefficient (Wildman–Crippen LogP) is 3.97. The lowest BCUT2D eigenvalue weighted by Gasteiger charge is -2.09. The molecule has 1 heterocycles. The summed E-state index contributed by atoms with van der Waals surface area (Å²) in [4.78, 5) is 16.7. The van der Waals surface area contributed by atoms with Gasteiger partial charge in [0.1, 0.15) is 16.4 Å². The molecule has 2 aromatic rings. The van der Waals surface area contributed by atoms with Gasteiger partial charge in [0.15, 0.2) is 10.9 Å². The van der Waals surface area contributed by atoms with E-state index in [1.165, 1.54) is 11.3 Å². The van der Waals surface area contributed by atoms with E-state index in [4.69, 9.17) is 22.1 Å². The maximum Gasteiger partial charge on any atom is 0.189 e. The molecule has 0 aliphatic carbocycles. The number of benzene rings is 1. The fraction of sp³-hybridized carbons (Fsp3) is 0.286. The Hall–Kier alpha value is -1.79. The number of carbonyl (C=O) groups is 1. The summed E-state index contributed by atoms with van der Waals surface area (Å²) in [5.41, 5.74) is 6.48. The smallest absolute Gasteiger partial charge is 0.189 e. The molecule has 0 fully saturated rings. The fourth-order valence-corrected chi connectivity index (χ4v) is 2.87. The number of hydrogen-bond acceptors (Lipinski definition) is 6. The number of aromatic nitrogens is 1. The number of methoxy groups -OCH3 is 1. The van der Waals surface area contributed by atoms with Crippen molar-refractivity contribution < 1.29 is 9.53 Å². The molecule has 0 radical (unpaired) electrons. The Kier molecular flexibility index (Phi) is 4.69. The lowest BCUT2D eigenvalue weighted by molar-refractivity contribution is 0.0944. The third-order valence-corrected chi connectivity index (χ3v) is 4.04. The van der Waals surface area contributed by atoms with E-state index in [0.29, 0.717) is 26.5 Å². The van der Waals surface area contributed by atoms with Crippen LogP contribution in [0.2, 0.25) is 5.02 Å². The molecular formula is C14H16ClN3O2S. The van der Waals surface area contributed by atoms with Crippen molar-refractivity contribution in [2.24, 2.45) is 5.92 Å². The number of nitrogens with zero attached hydrogens (tertiary/aromatic N) is 1. The number of ketones is 1. The van der Waals surface area contributed by atoms with E-state index in [2.05, 4.69) is 10.3 Å². The molecule has 3 N–H and O–H groups in total. The highest BCUT2D eigenvalue weighted by atomic mass is 35.5. The van der Waals surface area contributed by atoms with Crippen molar-refractivity contribution in [1.29, 1.82) is 0 Å². The summed E-state index contributed by atoms with van der Waals surface area (Å²) < 4.78 is 5.25. The Labute approximate surface area is 132 Å². The molecule has 0 saturated carbocycles. The fourth-order valence-electron chi connectivity index (χ4n) is 1.72. The average Bonchev–Trinajstić information content (AvgIpc) is 2.78. The molecular weight excluding hydrogens is 310 g/mol. The van der Waals surface area contributed by atoms with Crippen LogP contribution in [-0.4, -0.2) is 17.9 Å². The molecule has 2 rings (SSSR count). The van der Waals surface area contributed by atoms with Crippen LogP contribution in [0.25, 0.3) is 0 Å². The molecule has 21 heavy (non-hydrogen) atoms. The molecule has 0 saturated heterocycles. The summed E-state index contributed by atoms with van der Waals surface area (Å²) in [5, 5.41) is 4.18. The highest BCUT2D eigenvalue weighted by Gasteiger charge is 2.19. The summed E-state index contributed by atoms with van der Waals surface area (Å²) in [5.74, 6) is 0.726. The molecule has 1 aromatic carbocycles. The van der Waals surface area contributed by atoms with Gasteiger partial charge in [-0.1, -0.05) is 36.8 Å². The minimum Gasteiger partial charge on any atom is -0.495 e. The number of halogens is 1. The molecule has 0 bridgehead atoms. The number of hydrogen-bond donors (Lipinski definition) is 2. The Bertz CT molecular complexity index is 670. The quantitative estimate of drug-likeness (QED) is 0.813. The van der Waals surface area contributed by atoms with Crippen LogP contribution in [0, 0.1) is 5.92 Å². The van der Waals surface area contributed by atoms with Gasteiger partial charge in [-0.05, 0) is 18.2 Å². The van der Waals surface area contributed by atoms with Gasteiger partial charge in [-0.25, -0.2) is 4.98 Å². The molecule has 0 amide bonds. The van der Waals surface area contributed by atoms with Crippen LogP contribution in [0.3, 0.4) is 0 Å². The number of ether oxygens (including phenoxy) is 1. The van der Waals surface area contributed by atoms with Gasteiger partial charge in [-0.2, -0.15) is 0 Å². The second-order valence-electron chi connectivity index (χ2n) is 4.72. The molecule has 5 nitrogen and oxygen atoms in total. The van der Waals surface area contributed by atoms with Crippen molar-refractivity contribution in [2.45, 2.75) is 13.8 Å². The summed E-state index contributed by atoms with van der Waals surface area (Å²) in [6.07, 6.45) is 0. The number of nitrogens with one attached hydrogen (secondary N) is 1. The van der Waals surface area contributed by atoms with E-state index in [9.17, 15) is 4.79 Å². The van der Waals surface area contributed by atoms with E-state index >= 15 is 0 Å². The number of nitrogens with two attached hydrogens (primary N) is 1. The maximum absolute atomic E-state index is 12.0.